The van der Waals surface area contributed by atoms with Crippen molar-refractivity contribution in [1.29, 1.82) is 0 Å². The summed E-state index contributed by atoms with van der Waals surface area (Å²) < 4.78 is 78.8. The van der Waals surface area contributed by atoms with Gasteiger partial charge in [0.05, 0.1) is 25.9 Å². The largest absolute Gasteiger partial charge is 0.472 e. The van der Waals surface area contributed by atoms with Crippen LogP contribution in [0.2, 0.25) is 0 Å². The minimum atomic E-state index is -5.25. The number of imidazole rings is 2. The van der Waals surface area contributed by atoms with E-state index in [0.29, 0.717) is 5.56 Å². The molecule has 3 aliphatic heterocycles. The van der Waals surface area contributed by atoms with E-state index in [1.54, 1.807) is 51.1 Å². The van der Waals surface area contributed by atoms with Gasteiger partial charge in [-0.1, -0.05) is 18.2 Å². The lowest BCUT2D eigenvalue weighted by molar-refractivity contribution is -0.0634. The van der Waals surface area contributed by atoms with E-state index in [-0.39, 0.29) is 47.1 Å². The lowest BCUT2D eigenvalue weighted by atomic mass is 10.1. The molecule has 3 amide bonds. The van der Waals surface area contributed by atoms with Crippen LogP contribution >= 0.6 is 14.5 Å². The van der Waals surface area contributed by atoms with Gasteiger partial charge < -0.3 is 54.1 Å². The molecular weight excluding hydrogens is 949 g/mol. The van der Waals surface area contributed by atoms with E-state index in [9.17, 15) is 28.7 Å². The fourth-order valence-corrected chi connectivity index (χ4v) is 9.58. The first-order valence-corrected chi connectivity index (χ1v) is 24.4. The Labute approximate surface area is 384 Å². The van der Waals surface area contributed by atoms with Gasteiger partial charge in [-0.3, -0.25) is 27.5 Å². The van der Waals surface area contributed by atoms with Gasteiger partial charge in [-0.15, -0.1) is 0 Å². The zero-order chi connectivity index (χ0) is 48.0. The monoisotopic (exact) mass is 994 g/mol. The number of phosphoric ester groups is 1. The summed E-state index contributed by atoms with van der Waals surface area (Å²) in [7, 11) is -2.39. The van der Waals surface area contributed by atoms with Crippen molar-refractivity contribution in [2.75, 3.05) is 51.4 Å². The normalized spacial score (nSPS) is 29.0. The van der Waals surface area contributed by atoms with Crippen LogP contribution in [0.15, 0.2) is 55.6 Å². The molecule has 2 unspecified atom stereocenters. The molecule has 26 nitrogen and oxygen atoms in total. The molecule has 10 atom stereocenters. The number of nitrogens with two attached hydrogens (primary N) is 1. The van der Waals surface area contributed by atoms with Crippen molar-refractivity contribution in [3.05, 3.63) is 61.2 Å². The number of alkyl halides is 1. The second-order valence-corrected chi connectivity index (χ2v) is 20.6. The van der Waals surface area contributed by atoms with Gasteiger partial charge in [-0.2, -0.15) is 0 Å². The first-order valence-electron chi connectivity index (χ1n) is 20.3. The van der Waals surface area contributed by atoms with E-state index >= 15 is 4.39 Å². The lowest BCUT2D eigenvalue weighted by Gasteiger charge is -2.31. The van der Waals surface area contributed by atoms with Gasteiger partial charge in [0.25, 0.3) is 5.91 Å². The summed E-state index contributed by atoms with van der Waals surface area (Å²) in [4.78, 5) is 89.8. The van der Waals surface area contributed by atoms with Gasteiger partial charge in [0.2, 0.25) is 0 Å². The Morgan fingerprint density at radius 2 is 1.46 bits per heavy atom. The molecule has 360 valence electrons. The number of ether oxygens (including phenoxy) is 4. The number of amides is 3. The first kappa shape index (κ1) is 48.1. The van der Waals surface area contributed by atoms with Crippen molar-refractivity contribution in [3.63, 3.8) is 0 Å². The number of rotatable bonds is 8. The van der Waals surface area contributed by atoms with E-state index in [0.717, 1.165) is 17.6 Å². The molecule has 30 heteroatoms. The summed E-state index contributed by atoms with van der Waals surface area (Å²) >= 11 is 5.44. The molecule has 4 aromatic heterocycles. The first-order chi connectivity index (χ1) is 31.7. The van der Waals surface area contributed by atoms with Gasteiger partial charge in [0, 0.05) is 32.7 Å². The molecule has 3 fully saturated rings. The summed E-state index contributed by atoms with van der Waals surface area (Å²) in [5, 5.41) is 2.70. The highest BCUT2D eigenvalue weighted by Crippen LogP contribution is 2.54. The number of nitrogens with one attached hydrogen (secondary N) is 1. The molecule has 67 heavy (non-hydrogen) atoms. The standard InChI is InChI=1S/C37H45FN12O14P2S/c1-37(2,3)62-36(53)48(5)12-11-47(4)35(52)61-27-26-21(60-34(27)50-18-45-24-29(41-16-43-31(24)50)46-32(51)19-9-7-6-8-10-19)13-57-65(54,55)63-25-20(14-58-66(56,67)64-26)59-33(22(25)38)49-17-44-23-28(39)40-15-42-30(23)49/h6-10,15-18,20-22,25-27,33-34H,11-14H2,1-5H3,(H,54,55)(H,56,67)(H2,39,40,42)(H,41,43,46,51)/t20-,21-,22-,25-,26-,27-,33-,34-,66?/m1/s1. The van der Waals surface area contributed by atoms with Gasteiger partial charge in [-0.05, 0) is 44.7 Å². The van der Waals surface area contributed by atoms with Crippen LogP contribution in [0.4, 0.5) is 25.6 Å². The Kier molecular flexibility index (Phi) is 13.6. The van der Waals surface area contributed by atoms with Crippen LogP contribution < -0.4 is 11.1 Å². The molecule has 3 aliphatic rings. The van der Waals surface area contributed by atoms with E-state index in [2.05, 4.69) is 35.2 Å². The van der Waals surface area contributed by atoms with Gasteiger partial charge >= 0.3 is 26.7 Å². The minimum Gasteiger partial charge on any atom is -0.444 e. The Bertz CT molecular complexity index is 2750. The molecule has 0 aliphatic carbocycles. The van der Waals surface area contributed by atoms with E-state index in [1.165, 1.54) is 40.8 Å². The summed E-state index contributed by atoms with van der Waals surface area (Å²) in [5.41, 5.74) is 5.76. The number of anilines is 2. The second kappa shape index (κ2) is 19.0. The molecule has 0 saturated carbocycles. The summed E-state index contributed by atoms with van der Waals surface area (Å²) in [6.07, 6.45) is -10.4. The number of aromatic nitrogens is 8. The highest BCUT2D eigenvalue weighted by atomic mass is 32.5. The van der Waals surface area contributed by atoms with E-state index in [1.807, 2.05) is 0 Å². The van der Waals surface area contributed by atoms with Crippen LogP contribution in [0.1, 0.15) is 43.6 Å². The molecule has 8 rings (SSSR count). The number of carbonyl (C=O) groups excluding carboxylic acids is 3. The van der Waals surface area contributed by atoms with Crippen molar-refractivity contribution >= 4 is 78.4 Å². The van der Waals surface area contributed by atoms with Crippen LogP contribution in [-0.2, 0) is 53.4 Å². The van der Waals surface area contributed by atoms with Gasteiger partial charge in [0.1, 0.15) is 48.2 Å². The minimum absolute atomic E-state index is 0.00138. The smallest absolute Gasteiger partial charge is 0.444 e. The number of carbonyl (C=O) groups is 3. The number of fused-ring (bicyclic) bond motifs is 4. The zero-order valence-electron chi connectivity index (χ0n) is 36.2. The molecular formula is C37H45FN12O14P2S. The van der Waals surface area contributed by atoms with Gasteiger partial charge in [0.15, 0.2) is 53.2 Å². The number of nitrogen functional groups attached to an aromatic ring is 1. The van der Waals surface area contributed by atoms with Crippen LogP contribution in [-0.4, -0.2) is 159 Å². The van der Waals surface area contributed by atoms with Crippen molar-refractivity contribution in [2.24, 2.45) is 0 Å². The summed E-state index contributed by atoms with van der Waals surface area (Å²) in [6.45, 7) is -1.10. The SMILES string of the molecule is CN(CCN(C)C(=O)OC(C)(C)C)C(=O)O[C@@H]1[C@@H]2OP(O)(=S)OC[C@H]3O[C@@H](n4cnc5c(N)ncnc54)[C@H](F)[C@@H]3OP(=O)(O)OC[C@H]2O[C@H]1n1cnc2c(NC(=O)c3ccccc3)ncnc21. The Hall–Kier alpha value is -5.38. The number of likely N-dealkylation sites (N-methyl/N-ethyl adjacent to an activating group) is 2. The molecule has 1 aromatic carbocycles. The average molecular weight is 995 g/mol. The number of nitrogens with zero attached hydrogens (tertiary/aromatic N) is 10. The molecule has 5 aromatic rings. The third-order valence-corrected chi connectivity index (χ3v) is 13.0. The predicted octanol–water partition coefficient (Wildman–Crippen LogP) is 3.07. The maximum Gasteiger partial charge on any atom is 0.472 e. The van der Waals surface area contributed by atoms with E-state index < -0.39 is 101 Å². The molecule has 3 saturated heterocycles. The average Bonchev–Trinajstić information content (AvgIpc) is 4.05. The van der Waals surface area contributed by atoms with Crippen molar-refractivity contribution in [2.45, 2.75) is 75.5 Å². The van der Waals surface area contributed by atoms with Crippen LogP contribution in [0, 0.1) is 0 Å². The fraction of sp³-hybridized carbons (Fsp3) is 0.486. The Morgan fingerprint density at radius 1 is 0.866 bits per heavy atom. The fourth-order valence-electron chi connectivity index (χ4n) is 7.18. The van der Waals surface area contributed by atoms with Crippen molar-refractivity contribution < 1.29 is 70.2 Å². The predicted molar refractivity (Wildman–Crippen MR) is 232 cm³/mol. The van der Waals surface area contributed by atoms with Crippen LogP contribution in [0.25, 0.3) is 22.3 Å². The highest BCUT2D eigenvalue weighted by Gasteiger charge is 2.55. The third-order valence-electron chi connectivity index (χ3n) is 10.5. The van der Waals surface area contributed by atoms with E-state index in [4.69, 9.17) is 54.6 Å². The topological polar surface area (TPSA) is 314 Å². The molecule has 7 heterocycles. The molecule has 0 spiro atoms. The van der Waals surface area contributed by atoms with Crippen LogP contribution in [0.5, 0.6) is 0 Å². The van der Waals surface area contributed by atoms with Crippen molar-refractivity contribution in [3.8, 4) is 0 Å². The maximum atomic E-state index is 16.4. The zero-order valence-corrected chi connectivity index (χ0v) is 38.8. The molecule has 5 N–H and O–H groups in total. The molecule has 0 bridgehead atoms. The summed E-state index contributed by atoms with van der Waals surface area (Å²) in [6, 6.07) is 8.30. The van der Waals surface area contributed by atoms with Crippen LogP contribution in [0.3, 0.4) is 0 Å². The maximum absolute atomic E-state index is 16.4. The number of hydrogen-bond acceptors (Lipinski definition) is 20. The Morgan fingerprint density at radius 3 is 2.16 bits per heavy atom. The third kappa shape index (κ3) is 10.5. The lowest BCUT2D eigenvalue weighted by Crippen LogP contribution is -2.44. The van der Waals surface area contributed by atoms with Gasteiger partial charge in [-0.25, -0.2) is 48.4 Å². The summed E-state index contributed by atoms with van der Waals surface area (Å²) in [5.74, 6) is -0.509. The number of hydrogen-bond donors (Lipinski definition) is 4. The second-order valence-electron chi connectivity index (χ2n) is 16.4. The van der Waals surface area contributed by atoms with Crippen molar-refractivity contribution in [1.82, 2.24) is 48.8 Å². The number of phosphoric acid groups is 1. The number of benzene rings is 1. The molecule has 0 radical (unpaired) electrons. The highest BCUT2D eigenvalue weighted by molar-refractivity contribution is 8.07. The number of halogens is 1. The Balaban J connectivity index is 1.09. The quantitative estimate of drug-likeness (QED) is 0.162.